The van der Waals surface area contributed by atoms with Crippen molar-refractivity contribution in [2.45, 2.75) is 32.7 Å². The van der Waals surface area contributed by atoms with Gasteiger partial charge in [0.05, 0.1) is 6.61 Å². The van der Waals surface area contributed by atoms with E-state index < -0.39 is 0 Å². The van der Waals surface area contributed by atoms with Crippen LogP contribution >= 0.6 is 0 Å². The quantitative estimate of drug-likeness (QED) is 0.683. The van der Waals surface area contributed by atoms with Crippen LogP contribution in [0.25, 0.3) is 0 Å². The van der Waals surface area contributed by atoms with Gasteiger partial charge in [-0.3, -0.25) is 0 Å². The molecule has 1 aromatic carbocycles. The van der Waals surface area contributed by atoms with E-state index in [4.69, 9.17) is 9.84 Å². The lowest BCUT2D eigenvalue weighted by Gasteiger charge is -2.17. The van der Waals surface area contributed by atoms with E-state index in [-0.39, 0.29) is 6.61 Å². The average molecular weight is 237 g/mol. The molecule has 1 atom stereocenters. The summed E-state index contributed by atoms with van der Waals surface area (Å²) < 4.78 is 5.57. The molecule has 0 fully saturated rings. The lowest BCUT2D eigenvalue weighted by Crippen LogP contribution is -2.20. The molecule has 0 saturated heterocycles. The molecule has 0 amide bonds. The number of aliphatic hydroxyl groups excluding tert-OH is 1. The highest BCUT2D eigenvalue weighted by atomic mass is 16.5. The van der Waals surface area contributed by atoms with Gasteiger partial charge in [0.1, 0.15) is 5.75 Å². The highest BCUT2D eigenvalue weighted by Gasteiger charge is 2.08. The van der Waals surface area contributed by atoms with E-state index >= 15 is 0 Å². The van der Waals surface area contributed by atoms with E-state index in [0.717, 1.165) is 18.7 Å². The minimum Gasteiger partial charge on any atom is -0.493 e. The van der Waals surface area contributed by atoms with Crippen LogP contribution in [0, 0.1) is 0 Å². The Balaban J connectivity index is 2.63. The van der Waals surface area contributed by atoms with Gasteiger partial charge in [-0.25, -0.2) is 0 Å². The normalized spacial score (nSPS) is 12.4. The fourth-order valence-electron chi connectivity index (χ4n) is 1.82. The Morgan fingerprint density at radius 2 is 2.18 bits per heavy atom. The standard InChI is InChI=1S/C14H23NO2/c1-3-14(15-4-2)12-7-5-8-13(11-12)17-10-6-9-16/h5,7-8,11,14-16H,3-4,6,9-10H2,1-2H3. The molecule has 0 radical (unpaired) electrons. The van der Waals surface area contributed by atoms with Crippen LogP contribution in [0.3, 0.4) is 0 Å². The van der Waals surface area contributed by atoms with Crippen molar-refractivity contribution in [1.29, 1.82) is 0 Å². The summed E-state index contributed by atoms with van der Waals surface area (Å²) in [7, 11) is 0. The summed E-state index contributed by atoms with van der Waals surface area (Å²) in [5.74, 6) is 0.882. The van der Waals surface area contributed by atoms with Crippen LogP contribution in [-0.4, -0.2) is 24.9 Å². The van der Waals surface area contributed by atoms with Crippen LogP contribution in [0.1, 0.15) is 38.3 Å². The lowest BCUT2D eigenvalue weighted by molar-refractivity contribution is 0.233. The fraction of sp³-hybridized carbons (Fsp3) is 0.571. The highest BCUT2D eigenvalue weighted by Crippen LogP contribution is 2.21. The van der Waals surface area contributed by atoms with Gasteiger partial charge in [0.2, 0.25) is 0 Å². The summed E-state index contributed by atoms with van der Waals surface area (Å²) in [6.45, 7) is 6.00. The Bertz CT molecular complexity index is 315. The Morgan fingerprint density at radius 1 is 1.35 bits per heavy atom. The van der Waals surface area contributed by atoms with E-state index in [0.29, 0.717) is 19.1 Å². The predicted molar refractivity (Wildman–Crippen MR) is 70.3 cm³/mol. The number of aliphatic hydroxyl groups is 1. The third kappa shape index (κ3) is 4.75. The van der Waals surface area contributed by atoms with Gasteiger partial charge in [-0.15, -0.1) is 0 Å². The molecule has 0 spiro atoms. The van der Waals surface area contributed by atoms with Crippen molar-refractivity contribution >= 4 is 0 Å². The molecule has 0 saturated carbocycles. The zero-order valence-corrected chi connectivity index (χ0v) is 10.8. The molecule has 0 aliphatic carbocycles. The van der Waals surface area contributed by atoms with Gasteiger partial charge >= 0.3 is 0 Å². The molecular weight excluding hydrogens is 214 g/mol. The van der Waals surface area contributed by atoms with E-state index in [1.54, 1.807) is 0 Å². The van der Waals surface area contributed by atoms with Crippen LogP contribution in [0.2, 0.25) is 0 Å². The average Bonchev–Trinajstić information content (AvgIpc) is 2.36. The minimum atomic E-state index is 0.175. The van der Waals surface area contributed by atoms with Crippen molar-refractivity contribution < 1.29 is 9.84 Å². The summed E-state index contributed by atoms with van der Waals surface area (Å²) in [4.78, 5) is 0. The largest absolute Gasteiger partial charge is 0.493 e. The van der Waals surface area contributed by atoms with Gasteiger partial charge in [-0.05, 0) is 30.7 Å². The molecule has 2 N–H and O–H groups in total. The third-order valence-electron chi connectivity index (χ3n) is 2.69. The van der Waals surface area contributed by atoms with Gasteiger partial charge in [-0.1, -0.05) is 26.0 Å². The van der Waals surface area contributed by atoms with E-state index in [9.17, 15) is 0 Å². The van der Waals surface area contributed by atoms with Crippen LogP contribution in [0.15, 0.2) is 24.3 Å². The highest BCUT2D eigenvalue weighted by molar-refractivity contribution is 5.30. The number of nitrogens with one attached hydrogen (secondary N) is 1. The molecular formula is C14H23NO2. The maximum Gasteiger partial charge on any atom is 0.119 e. The maximum atomic E-state index is 8.71. The molecule has 0 aliphatic rings. The van der Waals surface area contributed by atoms with Crippen molar-refractivity contribution in [1.82, 2.24) is 5.32 Å². The van der Waals surface area contributed by atoms with Gasteiger partial charge in [0.25, 0.3) is 0 Å². The second-order valence-corrected chi connectivity index (χ2v) is 4.02. The number of hydrogen-bond acceptors (Lipinski definition) is 3. The molecule has 1 rings (SSSR count). The number of rotatable bonds is 8. The van der Waals surface area contributed by atoms with Crippen molar-refractivity contribution in [3.8, 4) is 5.75 Å². The smallest absolute Gasteiger partial charge is 0.119 e. The van der Waals surface area contributed by atoms with Crippen molar-refractivity contribution in [2.24, 2.45) is 0 Å². The molecule has 0 heterocycles. The van der Waals surface area contributed by atoms with Gasteiger partial charge in [-0.2, -0.15) is 0 Å². The molecule has 3 heteroatoms. The fourth-order valence-corrected chi connectivity index (χ4v) is 1.82. The van der Waals surface area contributed by atoms with Crippen molar-refractivity contribution in [2.75, 3.05) is 19.8 Å². The van der Waals surface area contributed by atoms with Crippen LogP contribution in [-0.2, 0) is 0 Å². The van der Waals surface area contributed by atoms with Crippen LogP contribution in [0.4, 0.5) is 0 Å². The Kier molecular flexibility index (Phi) is 6.67. The van der Waals surface area contributed by atoms with Gasteiger partial charge < -0.3 is 15.2 Å². The first-order chi connectivity index (χ1) is 8.31. The second-order valence-electron chi connectivity index (χ2n) is 4.02. The van der Waals surface area contributed by atoms with E-state index in [2.05, 4.69) is 31.3 Å². The molecule has 96 valence electrons. The summed E-state index contributed by atoms with van der Waals surface area (Å²) in [6.07, 6.45) is 1.74. The Morgan fingerprint density at radius 3 is 2.82 bits per heavy atom. The van der Waals surface area contributed by atoms with Crippen molar-refractivity contribution in [3.05, 3.63) is 29.8 Å². The molecule has 1 aromatic rings. The molecule has 0 aliphatic heterocycles. The summed E-state index contributed by atoms with van der Waals surface area (Å²) in [6, 6.07) is 8.56. The summed E-state index contributed by atoms with van der Waals surface area (Å²) in [5.41, 5.74) is 1.26. The number of hydrogen-bond donors (Lipinski definition) is 2. The SMILES string of the molecule is CCNC(CC)c1cccc(OCCCO)c1. The predicted octanol–water partition coefficient (Wildman–Crippen LogP) is 2.51. The number of benzene rings is 1. The molecule has 0 bridgehead atoms. The van der Waals surface area contributed by atoms with Crippen molar-refractivity contribution in [3.63, 3.8) is 0 Å². The van der Waals surface area contributed by atoms with Crippen LogP contribution < -0.4 is 10.1 Å². The first-order valence-corrected chi connectivity index (χ1v) is 6.38. The molecule has 1 unspecified atom stereocenters. The van der Waals surface area contributed by atoms with Gasteiger partial charge in [0.15, 0.2) is 0 Å². The summed E-state index contributed by atoms with van der Waals surface area (Å²) in [5, 5.41) is 12.2. The first-order valence-electron chi connectivity index (χ1n) is 6.38. The third-order valence-corrected chi connectivity index (χ3v) is 2.69. The maximum absolute atomic E-state index is 8.71. The van der Waals surface area contributed by atoms with Crippen LogP contribution in [0.5, 0.6) is 5.75 Å². The monoisotopic (exact) mass is 237 g/mol. The first kappa shape index (κ1) is 14.0. The molecule has 0 aromatic heterocycles. The van der Waals surface area contributed by atoms with E-state index in [1.165, 1.54) is 5.56 Å². The van der Waals surface area contributed by atoms with E-state index in [1.807, 2.05) is 12.1 Å². The summed E-state index contributed by atoms with van der Waals surface area (Å²) >= 11 is 0. The number of ether oxygens (including phenoxy) is 1. The minimum absolute atomic E-state index is 0.175. The Labute approximate surface area is 104 Å². The zero-order valence-electron chi connectivity index (χ0n) is 10.8. The second kappa shape index (κ2) is 8.09. The Hall–Kier alpha value is -1.06. The lowest BCUT2D eigenvalue weighted by atomic mass is 10.0. The molecule has 17 heavy (non-hydrogen) atoms. The molecule has 3 nitrogen and oxygen atoms in total. The zero-order chi connectivity index (χ0) is 12.5. The van der Waals surface area contributed by atoms with Gasteiger partial charge in [0, 0.05) is 19.1 Å². The topological polar surface area (TPSA) is 41.5 Å².